The van der Waals surface area contributed by atoms with E-state index in [0.29, 0.717) is 0 Å². The zero-order valence-electron chi connectivity index (χ0n) is 8.11. The molecule has 2 aliphatic heterocycles. The van der Waals surface area contributed by atoms with Gasteiger partial charge in [0, 0.05) is 37.8 Å². The number of rotatable bonds is 4. The Morgan fingerprint density at radius 3 is 3.00 bits per heavy atom. The van der Waals surface area contributed by atoms with E-state index in [1.807, 2.05) is 16.1 Å². The topological polar surface area (TPSA) is 39.8 Å². The quantitative estimate of drug-likeness (QED) is 0.632. The molecule has 0 aromatic carbocycles. The summed E-state index contributed by atoms with van der Waals surface area (Å²) in [5, 5.41) is 2.00. The van der Waals surface area contributed by atoms with Gasteiger partial charge in [0.2, 0.25) is 0 Å². The van der Waals surface area contributed by atoms with Gasteiger partial charge in [-0.25, -0.2) is 5.43 Å². The summed E-state index contributed by atoms with van der Waals surface area (Å²) < 4.78 is 7.18. The molecule has 2 aliphatic rings. The summed E-state index contributed by atoms with van der Waals surface area (Å²) in [6, 6.07) is 0. The van der Waals surface area contributed by atoms with Gasteiger partial charge in [0.25, 0.3) is 0 Å². The van der Waals surface area contributed by atoms with E-state index in [1.54, 1.807) is 11.9 Å². The van der Waals surface area contributed by atoms with Crippen molar-refractivity contribution in [2.24, 2.45) is 0 Å². The van der Waals surface area contributed by atoms with Crippen LogP contribution in [0.3, 0.4) is 0 Å². The summed E-state index contributed by atoms with van der Waals surface area (Å²) in [5.41, 5.74) is 6.32. The Balaban J connectivity index is 1.53. The molecule has 0 aliphatic carbocycles. The lowest BCUT2D eigenvalue weighted by Gasteiger charge is -2.27. The van der Waals surface area contributed by atoms with Gasteiger partial charge in [-0.2, -0.15) is 0 Å². The first-order chi connectivity index (χ1) is 6.95. The number of hydrazine groups is 2. The zero-order chi connectivity index (χ0) is 9.64. The second-order valence-electron chi connectivity index (χ2n) is 3.19. The van der Waals surface area contributed by atoms with E-state index in [9.17, 15) is 0 Å². The Morgan fingerprint density at radius 2 is 2.29 bits per heavy atom. The van der Waals surface area contributed by atoms with Crippen LogP contribution in [0.1, 0.15) is 0 Å². The molecule has 6 heteroatoms. The molecule has 0 radical (unpaired) electrons. The standard InChI is InChI=1S/C8H16N4OS/c1(9-12-10-2-8-14-12)3-11-4-6-13-7-5-11/h2,8-10H,1,3-7H2. The monoisotopic (exact) mass is 216 g/mol. The van der Waals surface area contributed by atoms with E-state index < -0.39 is 0 Å². The SMILES string of the molecule is C1=CSN(NCCN2CCOCC2)N1. The highest BCUT2D eigenvalue weighted by Gasteiger charge is 2.10. The molecule has 0 amide bonds. The maximum atomic E-state index is 5.28. The van der Waals surface area contributed by atoms with Crippen molar-refractivity contribution in [2.45, 2.75) is 0 Å². The third-order valence-electron chi connectivity index (χ3n) is 2.21. The Hall–Kier alpha value is -0.270. The van der Waals surface area contributed by atoms with Crippen molar-refractivity contribution in [3.05, 3.63) is 11.6 Å². The Kier molecular flexibility index (Phi) is 4.08. The second-order valence-corrected chi connectivity index (χ2v) is 4.04. The average Bonchev–Trinajstić information content (AvgIpc) is 2.72. The van der Waals surface area contributed by atoms with Crippen molar-refractivity contribution in [1.29, 1.82) is 0 Å². The van der Waals surface area contributed by atoms with Gasteiger partial charge in [-0.05, 0) is 11.9 Å². The highest BCUT2D eigenvalue weighted by molar-refractivity contribution is 8.00. The first-order valence-electron chi connectivity index (χ1n) is 4.87. The van der Waals surface area contributed by atoms with Crippen LogP contribution in [0.15, 0.2) is 11.6 Å². The van der Waals surface area contributed by atoms with Crippen molar-refractivity contribution in [2.75, 3.05) is 39.4 Å². The fourth-order valence-corrected chi connectivity index (χ4v) is 1.97. The van der Waals surface area contributed by atoms with Gasteiger partial charge in [0.15, 0.2) is 0 Å². The van der Waals surface area contributed by atoms with Crippen LogP contribution in [0.5, 0.6) is 0 Å². The number of hydrogen-bond donors (Lipinski definition) is 2. The lowest BCUT2D eigenvalue weighted by atomic mass is 10.4. The maximum Gasteiger partial charge on any atom is 0.0594 e. The summed E-state index contributed by atoms with van der Waals surface area (Å²) >= 11 is 1.62. The molecule has 0 atom stereocenters. The number of nitrogens with one attached hydrogen (secondary N) is 2. The average molecular weight is 216 g/mol. The molecule has 2 heterocycles. The molecule has 2 N–H and O–H groups in total. The minimum Gasteiger partial charge on any atom is -0.379 e. The van der Waals surface area contributed by atoms with Crippen molar-refractivity contribution in [3.8, 4) is 0 Å². The van der Waals surface area contributed by atoms with Crippen LogP contribution in [0.2, 0.25) is 0 Å². The number of morpholine rings is 1. The minimum absolute atomic E-state index is 0.873. The highest BCUT2D eigenvalue weighted by Crippen LogP contribution is 2.09. The first-order valence-corrected chi connectivity index (χ1v) is 5.70. The van der Waals surface area contributed by atoms with E-state index >= 15 is 0 Å². The first kappa shape index (κ1) is 10.3. The summed E-state index contributed by atoms with van der Waals surface area (Å²) in [6.45, 7) is 5.89. The number of nitrogens with zero attached hydrogens (tertiary/aromatic N) is 2. The molecule has 1 fully saturated rings. The molecular weight excluding hydrogens is 200 g/mol. The maximum absolute atomic E-state index is 5.28. The third kappa shape index (κ3) is 3.14. The second kappa shape index (κ2) is 5.57. The molecule has 0 aromatic rings. The van der Waals surface area contributed by atoms with Crippen molar-refractivity contribution in [1.82, 2.24) is 20.3 Å². The van der Waals surface area contributed by atoms with Crippen LogP contribution in [0, 0.1) is 0 Å². The normalized spacial score (nSPS) is 24.0. The molecular formula is C8H16N4OS. The van der Waals surface area contributed by atoms with E-state index in [1.165, 1.54) is 0 Å². The van der Waals surface area contributed by atoms with Crippen LogP contribution in [0.4, 0.5) is 0 Å². The Bertz CT molecular complexity index is 188. The van der Waals surface area contributed by atoms with Crippen LogP contribution < -0.4 is 10.9 Å². The zero-order valence-corrected chi connectivity index (χ0v) is 8.92. The van der Waals surface area contributed by atoms with E-state index in [2.05, 4.69) is 15.8 Å². The molecule has 0 unspecified atom stereocenters. The van der Waals surface area contributed by atoms with Gasteiger partial charge in [0.1, 0.15) is 0 Å². The minimum atomic E-state index is 0.873. The molecule has 1 saturated heterocycles. The highest BCUT2D eigenvalue weighted by atomic mass is 32.2. The molecule has 0 aromatic heterocycles. The molecule has 2 rings (SSSR count). The summed E-state index contributed by atoms with van der Waals surface area (Å²) in [4.78, 5) is 2.41. The van der Waals surface area contributed by atoms with E-state index in [0.717, 1.165) is 39.4 Å². The Morgan fingerprint density at radius 1 is 1.43 bits per heavy atom. The summed E-state index contributed by atoms with van der Waals surface area (Å²) in [5.74, 6) is 0. The predicted octanol–water partition coefficient (Wildman–Crippen LogP) is -0.237. The van der Waals surface area contributed by atoms with Gasteiger partial charge in [-0.15, -0.1) is 0 Å². The van der Waals surface area contributed by atoms with Crippen molar-refractivity contribution < 1.29 is 4.74 Å². The molecule has 5 nitrogen and oxygen atoms in total. The number of hydrogen-bond acceptors (Lipinski definition) is 6. The van der Waals surface area contributed by atoms with Gasteiger partial charge >= 0.3 is 0 Å². The van der Waals surface area contributed by atoms with Gasteiger partial charge in [0.05, 0.1) is 13.2 Å². The van der Waals surface area contributed by atoms with E-state index in [-0.39, 0.29) is 0 Å². The smallest absolute Gasteiger partial charge is 0.0594 e. The fourth-order valence-electron chi connectivity index (χ4n) is 1.44. The lowest BCUT2D eigenvalue weighted by Crippen LogP contribution is -2.44. The molecule has 0 saturated carbocycles. The lowest BCUT2D eigenvalue weighted by molar-refractivity contribution is 0.0368. The molecule has 80 valence electrons. The van der Waals surface area contributed by atoms with Crippen LogP contribution in [0.25, 0.3) is 0 Å². The predicted molar refractivity (Wildman–Crippen MR) is 57.0 cm³/mol. The summed E-state index contributed by atoms with van der Waals surface area (Å²) in [6.07, 6.45) is 1.91. The largest absolute Gasteiger partial charge is 0.379 e. The molecule has 0 bridgehead atoms. The van der Waals surface area contributed by atoms with Crippen molar-refractivity contribution >= 4 is 11.9 Å². The van der Waals surface area contributed by atoms with Gasteiger partial charge in [-0.1, -0.05) is 4.52 Å². The third-order valence-corrected chi connectivity index (χ3v) is 2.92. The molecule has 14 heavy (non-hydrogen) atoms. The molecule has 0 spiro atoms. The van der Waals surface area contributed by atoms with Crippen LogP contribution in [-0.2, 0) is 4.74 Å². The fraction of sp³-hybridized carbons (Fsp3) is 0.750. The number of ether oxygens (including phenoxy) is 1. The van der Waals surface area contributed by atoms with Crippen molar-refractivity contribution in [3.63, 3.8) is 0 Å². The summed E-state index contributed by atoms with van der Waals surface area (Å²) in [7, 11) is 0. The van der Waals surface area contributed by atoms with Crippen LogP contribution >= 0.6 is 11.9 Å². The van der Waals surface area contributed by atoms with E-state index in [4.69, 9.17) is 4.74 Å². The van der Waals surface area contributed by atoms with Crippen LogP contribution in [-0.4, -0.2) is 48.8 Å². The van der Waals surface area contributed by atoms with Gasteiger partial charge in [-0.3, -0.25) is 4.90 Å². The Labute approximate surface area is 88.5 Å². The van der Waals surface area contributed by atoms with Gasteiger partial charge < -0.3 is 10.2 Å².